The van der Waals surface area contributed by atoms with Gasteiger partial charge in [0.05, 0.1) is 0 Å². The highest BCUT2D eigenvalue weighted by atomic mass is 16.2. The molecule has 1 aromatic carbocycles. The molecule has 1 saturated heterocycles. The van der Waals surface area contributed by atoms with Crippen LogP contribution in [0, 0.1) is 0 Å². The third-order valence-corrected chi connectivity index (χ3v) is 3.43. The highest BCUT2D eigenvalue weighted by Gasteiger charge is 2.21. The third kappa shape index (κ3) is 3.56. The first kappa shape index (κ1) is 13.6. The smallest absolute Gasteiger partial charge is 0.247 e. The van der Waals surface area contributed by atoms with Crippen LogP contribution in [0.15, 0.2) is 35.3 Å². The van der Waals surface area contributed by atoms with Gasteiger partial charge in [-0.05, 0) is 26.2 Å². The fourth-order valence-corrected chi connectivity index (χ4v) is 2.33. The van der Waals surface area contributed by atoms with Gasteiger partial charge in [-0.3, -0.25) is 9.79 Å². The molecule has 102 valence electrons. The topological polar surface area (TPSA) is 58.7 Å². The van der Waals surface area contributed by atoms with Crippen LogP contribution in [-0.4, -0.2) is 35.8 Å². The number of carbonyl (C=O) groups excluding carboxylic acids is 1. The van der Waals surface area contributed by atoms with Gasteiger partial charge in [-0.1, -0.05) is 30.3 Å². The van der Waals surface area contributed by atoms with Crippen LogP contribution >= 0.6 is 0 Å². The fourth-order valence-electron chi connectivity index (χ4n) is 2.33. The van der Waals surface area contributed by atoms with Crippen molar-refractivity contribution in [3.8, 4) is 0 Å². The molecule has 1 aromatic rings. The minimum Gasteiger partial charge on any atom is -0.383 e. The first-order chi connectivity index (χ1) is 9.18. The molecule has 2 N–H and O–H groups in total. The number of benzene rings is 1. The standard InChI is InChI=1S/C15H21N3O/c1-12(15(19)18-10-6-3-7-11-18)17-14(16)13-8-4-2-5-9-13/h2,4-5,8-9,12H,3,6-7,10-11H2,1H3,(H2,16,17). The Morgan fingerprint density at radius 3 is 2.47 bits per heavy atom. The Kier molecular flexibility index (Phi) is 4.55. The van der Waals surface area contributed by atoms with Crippen LogP contribution in [0.4, 0.5) is 0 Å². The quantitative estimate of drug-likeness (QED) is 0.664. The van der Waals surface area contributed by atoms with E-state index < -0.39 is 6.04 Å². The molecule has 0 saturated carbocycles. The Balaban J connectivity index is 2.03. The zero-order chi connectivity index (χ0) is 13.7. The zero-order valence-corrected chi connectivity index (χ0v) is 11.4. The van der Waals surface area contributed by atoms with Crippen molar-refractivity contribution < 1.29 is 4.79 Å². The van der Waals surface area contributed by atoms with E-state index in [2.05, 4.69) is 4.99 Å². The van der Waals surface area contributed by atoms with Gasteiger partial charge in [-0.2, -0.15) is 0 Å². The molecule has 0 aromatic heterocycles. The Morgan fingerprint density at radius 1 is 1.21 bits per heavy atom. The average molecular weight is 259 g/mol. The Hall–Kier alpha value is -1.84. The molecule has 1 amide bonds. The number of aliphatic imine (C=N–C) groups is 1. The lowest BCUT2D eigenvalue weighted by atomic mass is 10.1. The number of hydrogen-bond acceptors (Lipinski definition) is 2. The van der Waals surface area contributed by atoms with E-state index in [0.717, 1.165) is 31.5 Å². The van der Waals surface area contributed by atoms with Crippen LogP contribution in [0.2, 0.25) is 0 Å². The first-order valence-electron chi connectivity index (χ1n) is 6.86. The second kappa shape index (κ2) is 6.36. The number of nitrogens with two attached hydrogens (primary N) is 1. The highest BCUT2D eigenvalue weighted by molar-refractivity contribution is 5.99. The molecule has 0 bridgehead atoms. The van der Waals surface area contributed by atoms with E-state index in [-0.39, 0.29) is 5.91 Å². The summed E-state index contributed by atoms with van der Waals surface area (Å²) in [5.74, 6) is 0.511. The minimum absolute atomic E-state index is 0.0820. The molecule has 1 unspecified atom stereocenters. The van der Waals surface area contributed by atoms with E-state index in [4.69, 9.17) is 5.73 Å². The summed E-state index contributed by atoms with van der Waals surface area (Å²) in [6, 6.07) is 9.15. The van der Waals surface area contributed by atoms with Crippen molar-refractivity contribution in [2.75, 3.05) is 13.1 Å². The molecule has 1 aliphatic rings. The number of piperidine rings is 1. The van der Waals surface area contributed by atoms with Gasteiger partial charge in [0.1, 0.15) is 11.9 Å². The van der Waals surface area contributed by atoms with E-state index in [9.17, 15) is 4.79 Å². The van der Waals surface area contributed by atoms with Crippen molar-refractivity contribution in [1.29, 1.82) is 0 Å². The van der Waals surface area contributed by atoms with E-state index >= 15 is 0 Å². The Morgan fingerprint density at radius 2 is 1.84 bits per heavy atom. The minimum atomic E-state index is -0.404. The van der Waals surface area contributed by atoms with Crippen molar-refractivity contribution in [2.45, 2.75) is 32.2 Å². The molecule has 2 rings (SSSR count). The van der Waals surface area contributed by atoms with Gasteiger partial charge in [0.2, 0.25) is 5.91 Å². The summed E-state index contributed by atoms with van der Waals surface area (Å²) in [5.41, 5.74) is 6.80. The van der Waals surface area contributed by atoms with E-state index in [1.807, 2.05) is 42.2 Å². The van der Waals surface area contributed by atoms with Crippen LogP contribution in [0.5, 0.6) is 0 Å². The molecule has 4 heteroatoms. The summed E-state index contributed by atoms with van der Waals surface area (Å²) in [5, 5.41) is 0. The summed E-state index contributed by atoms with van der Waals surface area (Å²) >= 11 is 0. The van der Waals surface area contributed by atoms with Gasteiger partial charge in [0.25, 0.3) is 0 Å². The van der Waals surface area contributed by atoms with Crippen molar-refractivity contribution >= 4 is 11.7 Å². The second-order valence-corrected chi connectivity index (χ2v) is 4.94. The molecule has 4 nitrogen and oxygen atoms in total. The lowest BCUT2D eigenvalue weighted by molar-refractivity contribution is -0.132. The molecule has 1 atom stereocenters. The maximum Gasteiger partial charge on any atom is 0.247 e. The van der Waals surface area contributed by atoms with Gasteiger partial charge in [-0.25, -0.2) is 0 Å². The van der Waals surface area contributed by atoms with Crippen LogP contribution in [0.1, 0.15) is 31.7 Å². The molecule has 1 aliphatic heterocycles. The van der Waals surface area contributed by atoms with Crippen molar-refractivity contribution in [3.05, 3.63) is 35.9 Å². The predicted octanol–water partition coefficient (Wildman–Crippen LogP) is 1.79. The monoisotopic (exact) mass is 259 g/mol. The first-order valence-corrected chi connectivity index (χ1v) is 6.86. The Labute approximate surface area is 114 Å². The van der Waals surface area contributed by atoms with Crippen molar-refractivity contribution in [1.82, 2.24) is 4.90 Å². The molecule has 0 aliphatic carbocycles. The van der Waals surface area contributed by atoms with Crippen molar-refractivity contribution in [3.63, 3.8) is 0 Å². The summed E-state index contributed by atoms with van der Waals surface area (Å²) in [4.78, 5) is 18.5. The number of amidine groups is 1. The number of rotatable bonds is 3. The predicted molar refractivity (Wildman–Crippen MR) is 77.1 cm³/mol. The lowest BCUT2D eigenvalue weighted by Crippen LogP contribution is -2.41. The molecular formula is C15H21N3O. The van der Waals surface area contributed by atoms with Gasteiger partial charge < -0.3 is 10.6 Å². The van der Waals surface area contributed by atoms with Crippen LogP contribution in [0.25, 0.3) is 0 Å². The van der Waals surface area contributed by atoms with Crippen LogP contribution in [0.3, 0.4) is 0 Å². The summed E-state index contributed by atoms with van der Waals surface area (Å²) in [7, 11) is 0. The molecular weight excluding hydrogens is 238 g/mol. The number of nitrogens with zero attached hydrogens (tertiary/aromatic N) is 2. The normalized spacial score (nSPS) is 18.2. The van der Waals surface area contributed by atoms with Crippen LogP contribution in [-0.2, 0) is 4.79 Å². The maximum atomic E-state index is 12.2. The summed E-state index contributed by atoms with van der Waals surface area (Å²) < 4.78 is 0. The molecule has 0 spiro atoms. The van der Waals surface area contributed by atoms with E-state index in [1.54, 1.807) is 0 Å². The maximum absolute atomic E-state index is 12.2. The second-order valence-electron chi connectivity index (χ2n) is 4.94. The molecule has 0 radical (unpaired) electrons. The van der Waals surface area contributed by atoms with Gasteiger partial charge >= 0.3 is 0 Å². The number of likely N-dealkylation sites (tertiary alicyclic amines) is 1. The number of hydrogen-bond donors (Lipinski definition) is 1. The Bertz CT molecular complexity index is 450. The van der Waals surface area contributed by atoms with Gasteiger partial charge in [0.15, 0.2) is 0 Å². The SMILES string of the molecule is CC(N=C(N)c1ccccc1)C(=O)N1CCCCC1. The van der Waals surface area contributed by atoms with Gasteiger partial charge in [0, 0.05) is 18.7 Å². The van der Waals surface area contributed by atoms with E-state index in [1.165, 1.54) is 6.42 Å². The lowest BCUT2D eigenvalue weighted by Gasteiger charge is -2.28. The van der Waals surface area contributed by atoms with E-state index in [0.29, 0.717) is 5.84 Å². The largest absolute Gasteiger partial charge is 0.383 e. The van der Waals surface area contributed by atoms with Crippen molar-refractivity contribution in [2.24, 2.45) is 10.7 Å². The zero-order valence-electron chi connectivity index (χ0n) is 11.4. The summed E-state index contributed by atoms with van der Waals surface area (Å²) in [6.07, 6.45) is 3.40. The highest BCUT2D eigenvalue weighted by Crippen LogP contribution is 2.11. The number of amides is 1. The molecule has 1 heterocycles. The van der Waals surface area contributed by atoms with Crippen LogP contribution < -0.4 is 5.73 Å². The third-order valence-electron chi connectivity index (χ3n) is 3.43. The van der Waals surface area contributed by atoms with Gasteiger partial charge in [-0.15, -0.1) is 0 Å². The molecule has 19 heavy (non-hydrogen) atoms. The summed E-state index contributed by atoms with van der Waals surface area (Å²) in [6.45, 7) is 3.51. The molecule has 1 fully saturated rings. The number of carbonyl (C=O) groups is 1. The fraction of sp³-hybridized carbons (Fsp3) is 0.467. The average Bonchev–Trinajstić information content (AvgIpc) is 2.48.